The number of carbonyl (C=O) groups excluding carboxylic acids is 4. The van der Waals surface area contributed by atoms with Crippen molar-refractivity contribution in [1.29, 1.82) is 0 Å². The molecule has 0 saturated carbocycles. The molecule has 2 aromatic carbocycles. The predicted octanol–water partition coefficient (Wildman–Crippen LogP) is 1.68. The number of hydrogen-bond acceptors (Lipinski definition) is 6. The van der Waals surface area contributed by atoms with Gasteiger partial charge in [0.2, 0.25) is 5.91 Å². The van der Waals surface area contributed by atoms with Crippen LogP contribution in [0.1, 0.15) is 23.6 Å². The molecule has 0 radical (unpaired) electrons. The Kier molecular flexibility index (Phi) is 7.21. The lowest BCUT2D eigenvalue weighted by Gasteiger charge is -2.23. The second kappa shape index (κ2) is 9.92. The van der Waals surface area contributed by atoms with Crippen LogP contribution in [-0.4, -0.2) is 60.9 Å². The minimum Gasteiger partial charge on any atom is -0.497 e. The summed E-state index contributed by atoms with van der Waals surface area (Å²) in [6.07, 6.45) is 0. The van der Waals surface area contributed by atoms with Gasteiger partial charge in [0.1, 0.15) is 11.3 Å². The van der Waals surface area contributed by atoms with Crippen molar-refractivity contribution in [2.24, 2.45) is 0 Å². The van der Waals surface area contributed by atoms with E-state index in [4.69, 9.17) is 4.74 Å². The minimum absolute atomic E-state index is 0.0531. The maximum absolute atomic E-state index is 13.0. The average Bonchev–Trinajstić information content (AvgIpc) is 3.00. The number of likely N-dealkylation sites (N-methyl/N-ethyl adjacent to an activating group) is 1. The monoisotopic (exact) mass is 467 g/mol. The molecule has 5 amide bonds. The summed E-state index contributed by atoms with van der Waals surface area (Å²) in [6.45, 7) is 5.17. The molecular formula is C24H29N5O5. The number of hydrogen-bond donors (Lipinski definition) is 3. The fourth-order valence-corrected chi connectivity index (χ4v) is 3.65. The zero-order chi connectivity index (χ0) is 25.0. The lowest BCUT2D eigenvalue weighted by Crippen LogP contribution is -2.50. The molecule has 1 aliphatic rings. The molecule has 0 spiro atoms. The van der Waals surface area contributed by atoms with Crippen molar-refractivity contribution in [2.45, 2.75) is 26.3 Å². The maximum atomic E-state index is 13.0. The summed E-state index contributed by atoms with van der Waals surface area (Å²) in [6, 6.07) is 11.6. The lowest BCUT2D eigenvalue weighted by atomic mass is 9.92. The second-order valence-corrected chi connectivity index (χ2v) is 8.43. The number of imide groups is 1. The van der Waals surface area contributed by atoms with E-state index in [-0.39, 0.29) is 19.0 Å². The van der Waals surface area contributed by atoms with Gasteiger partial charge in [-0.3, -0.25) is 24.7 Å². The van der Waals surface area contributed by atoms with Crippen LogP contribution in [0.3, 0.4) is 0 Å². The highest BCUT2D eigenvalue weighted by atomic mass is 16.5. The molecule has 1 heterocycles. The van der Waals surface area contributed by atoms with Gasteiger partial charge in [0.25, 0.3) is 11.8 Å². The van der Waals surface area contributed by atoms with Crippen molar-refractivity contribution in [3.8, 4) is 5.75 Å². The molecular weight excluding hydrogens is 438 g/mol. The van der Waals surface area contributed by atoms with Crippen LogP contribution in [0.5, 0.6) is 5.75 Å². The number of methoxy groups -OCH3 is 1. The Balaban J connectivity index is 1.58. The summed E-state index contributed by atoms with van der Waals surface area (Å²) >= 11 is 0. The van der Waals surface area contributed by atoms with Crippen molar-refractivity contribution in [3.63, 3.8) is 0 Å². The number of rotatable bonds is 8. The molecule has 1 saturated heterocycles. The maximum Gasteiger partial charge on any atom is 0.344 e. The average molecular weight is 468 g/mol. The topological polar surface area (TPSA) is 120 Å². The SMILES string of the molecule is COc1cccc(C2(C)NC(=O)N(NC(=O)CN(C)CC(=O)Nc3cccc(C)c3C)C2=O)c1. The Morgan fingerprint density at radius 3 is 2.47 bits per heavy atom. The summed E-state index contributed by atoms with van der Waals surface area (Å²) in [5, 5.41) is 6.10. The van der Waals surface area contributed by atoms with Crippen LogP contribution in [0.15, 0.2) is 42.5 Å². The van der Waals surface area contributed by atoms with Crippen LogP contribution < -0.4 is 20.8 Å². The number of anilines is 1. The summed E-state index contributed by atoms with van der Waals surface area (Å²) in [4.78, 5) is 51.8. The van der Waals surface area contributed by atoms with E-state index in [0.29, 0.717) is 22.0 Å². The number of urea groups is 1. The fourth-order valence-electron chi connectivity index (χ4n) is 3.65. The molecule has 180 valence electrons. The van der Waals surface area contributed by atoms with Gasteiger partial charge in [-0.1, -0.05) is 24.3 Å². The molecule has 1 fully saturated rings. The first kappa shape index (κ1) is 24.7. The minimum atomic E-state index is -1.36. The van der Waals surface area contributed by atoms with Gasteiger partial charge in [0, 0.05) is 5.69 Å². The molecule has 3 N–H and O–H groups in total. The Labute approximate surface area is 198 Å². The van der Waals surface area contributed by atoms with Crippen LogP contribution in [0.4, 0.5) is 10.5 Å². The third-order valence-corrected chi connectivity index (χ3v) is 5.78. The number of carbonyl (C=O) groups is 4. The van der Waals surface area contributed by atoms with Gasteiger partial charge in [-0.2, -0.15) is 5.01 Å². The number of nitrogens with zero attached hydrogens (tertiary/aromatic N) is 2. The molecule has 1 atom stereocenters. The Bertz CT molecular complexity index is 1130. The van der Waals surface area contributed by atoms with E-state index in [1.807, 2.05) is 32.0 Å². The number of nitrogens with one attached hydrogen (secondary N) is 3. The van der Waals surface area contributed by atoms with Crippen molar-refractivity contribution >= 4 is 29.4 Å². The lowest BCUT2D eigenvalue weighted by molar-refractivity contribution is -0.139. The Morgan fingerprint density at radius 1 is 1.09 bits per heavy atom. The molecule has 34 heavy (non-hydrogen) atoms. The van der Waals surface area contributed by atoms with Crippen molar-refractivity contribution in [1.82, 2.24) is 20.7 Å². The van der Waals surface area contributed by atoms with Gasteiger partial charge in [0.15, 0.2) is 0 Å². The van der Waals surface area contributed by atoms with Crippen LogP contribution >= 0.6 is 0 Å². The van der Waals surface area contributed by atoms with E-state index < -0.39 is 23.4 Å². The molecule has 3 rings (SSSR count). The third-order valence-electron chi connectivity index (χ3n) is 5.78. The van der Waals surface area contributed by atoms with Gasteiger partial charge in [-0.25, -0.2) is 4.79 Å². The number of hydrazine groups is 1. The van der Waals surface area contributed by atoms with Crippen LogP contribution in [0, 0.1) is 13.8 Å². The normalized spacial score (nSPS) is 17.5. The smallest absolute Gasteiger partial charge is 0.344 e. The van der Waals surface area contributed by atoms with Crippen LogP contribution in [-0.2, 0) is 19.9 Å². The van der Waals surface area contributed by atoms with Crippen molar-refractivity contribution < 1.29 is 23.9 Å². The van der Waals surface area contributed by atoms with E-state index in [9.17, 15) is 19.2 Å². The summed E-state index contributed by atoms with van der Waals surface area (Å²) < 4.78 is 5.19. The predicted molar refractivity (Wildman–Crippen MR) is 126 cm³/mol. The first-order valence-corrected chi connectivity index (χ1v) is 10.7. The standard InChI is InChI=1S/C24H29N5O5/c1-15-8-6-11-19(16(15)2)25-20(30)13-28(4)14-21(31)27-29-22(32)24(3,26-23(29)33)17-9-7-10-18(12-17)34-5/h6-12H,13-14H2,1-5H3,(H,25,30)(H,26,33)(H,27,31). The van der Waals surface area contributed by atoms with Crippen LogP contribution in [0.2, 0.25) is 0 Å². The summed E-state index contributed by atoms with van der Waals surface area (Å²) in [7, 11) is 3.09. The van der Waals surface area contributed by atoms with Gasteiger partial charge in [-0.05, 0) is 62.7 Å². The quantitative estimate of drug-likeness (QED) is 0.508. The van der Waals surface area contributed by atoms with E-state index in [1.54, 1.807) is 38.2 Å². The van der Waals surface area contributed by atoms with E-state index in [0.717, 1.165) is 11.1 Å². The highest BCUT2D eigenvalue weighted by Gasteiger charge is 2.50. The number of amides is 5. The molecule has 0 aliphatic carbocycles. The highest BCUT2D eigenvalue weighted by Crippen LogP contribution is 2.30. The highest BCUT2D eigenvalue weighted by molar-refractivity contribution is 6.08. The molecule has 2 aromatic rings. The number of ether oxygens (including phenoxy) is 1. The largest absolute Gasteiger partial charge is 0.497 e. The summed E-state index contributed by atoms with van der Waals surface area (Å²) in [5.41, 5.74) is 4.21. The fraction of sp³-hybridized carbons (Fsp3) is 0.333. The van der Waals surface area contributed by atoms with E-state index in [1.165, 1.54) is 12.0 Å². The Morgan fingerprint density at radius 2 is 1.76 bits per heavy atom. The zero-order valence-corrected chi connectivity index (χ0v) is 19.9. The van der Waals surface area contributed by atoms with Crippen LogP contribution in [0.25, 0.3) is 0 Å². The number of benzene rings is 2. The van der Waals surface area contributed by atoms with Gasteiger partial charge in [0.05, 0.1) is 20.2 Å². The zero-order valence-electron chi connectivity index (χ0n) is 19.9. The molecule has 1 unspecified atom stereocenters. The van der Waals surface area contributed by atoms with Crippen molar-refractivity contribution in [3.05, 3.63) is 59.2 Å². The number of aryl methyl sites for hydroxylation is 1. The van der Waals surface area contributed by atoms with Gasteiger partial charge in [-0.15, -0.1) is 0 Å². The Hall–Kier alpha value is -3.92. The first-order chi connectivity index (χ1) is 16.0. The summed E-state index contributed by atoms with van der Waals surface area (Å²) in [5.74, 6) is -0.997. The van der Waals surface area contributed by atoms with E-state index in [2.05, 4.69) is 16.1 Å². The molecule has 10 nitrogen and oxygen atoms in total. The van der Waals surface area contributed by atoms with Crippen molar-refractivity contribution in [2.75, 3.05) is 32.6 Å². The molecule has 0 aromatic heterocycles. The second-order valence-electron chi connectivity index (χ2n) is 8.43. The van der Waals surface area contributed by atoms with Gasteiger partial charge >= 0.3 is 6.03 Å². The molecule has 0 bridgehead atoms. The molecule has 10 heteroatoms. The van der Waals surface area contributed by atoms with E-state index >= 15 is 0 Å². The van der Waals surface area contributed by atoms with Gasteiger partial charge < -0.3 is 15.4 Å². The molecule has 1 aliphatic heterocycles. The third kappa shape index (κ3) is 5.18. The first-order valence-electron chi connectivity index (χ1n) is 10.7.